The van der Waals surface area contributed by atoms with Gasteiger partial charge in [-0.3, -0.25) is 9.59 Å². The van der Waals surface area contributed by atoms with E-state index in [0.717, 1.165) is 29.7 Å². The van der Waals surface area contributed by atoms with E-state index < -0.39 is 0 Å². The number of piperidine rings is 1. The van der Waals surface area contributed by atoms with Crippen molar-refractivity contribution in [3.63, 3.8) is 0 Å². The lowest BCUT2D eigenvalue weighted by Gasteiger charge is -2.30. The highest BCUT2D eigenvalue weighted by atomic mass is 16.5. The van der Waals surface area contributed by atoms with Crippen LogP contribution in [0.15, 0.2) is 59.1 Å². The first-order valence-electron chi connectivity index (χ1n) is 11.4. The first kappa shape index (κ1) is 23.2. The van der Waals surface area contributed by atoms with Crippen molar-refractivity contribution >= 4 is 23.6 Å². The van der Waals surface area contributed by atoms with Crippen LogP contribution in [0.5, 0.6) is 5.75 Å². The number of methoxy groups -OCH3 is 1. The number of ether oxygens (including phenoxy) is 1. The van der Waals surface area contributed by atoms with Gasteiger partial charge in [-0.2, -0.15) is 4.98 Å². The van der Waals surface area contributed by atoms with Crippen LogP contribution in [0.1, 0.15) is 43.6 Å². The fraction of sp³-hybridized carbons (Fsp3) is 0.308. The zero-order valence-electron chi connectivity index (χ0n) is 19.4. The Balaban J connectivity index is 1.43. The van der Waals surface area contributed by atoms with Crippen molar-refractivity contribution < 1.29 is 18.8 Å². The number of para-hydroxylation sites is 1. The van der Waals surface area contributed by atoms with Crippen molar-refractivity contribution in [1.29, 1.82) is 0 Å². The summed E-state index contributed by atoms with van der Waals surface area (Å²) < 4.78 is 10.9. The second-order valence-electron chi connectivity index (χ2n) is 8.14. The summed E-state index contributed by atoms with van der Waals surface area (Å²) >= 11 is 0. The van der Waals surface area contributed by atoms with Crippen molar-refractivity contribution in [2.24, 2.45) is 0 Å². The summed E-state index contributed by atoms with van der Waals surface area (Å²) in [5, 5.41) is 6.97. The molecule has 1 saturated heterocycles. The number of nitrogens with one attached hydrogen (secondary N) is 1. The number of anilines is 1. The predicted octanol–water partition coefficient (Wildman–Crippen LogP) is 4.51. The molecule has 0 unspecified atom stereocenters. The lowest BCUT2D eigenvalue weighted by Crippen LogP contribution is -2.38. The molecule has 2 aromatic carbocycles. The molecule has 8 heteroatoms. The highest BCUT2D eigenvalue weighted by Crippen LogP contribution is 2.29. The lowest BCUT2D eigenvalue weighted by atomic mass is 9.98. The Bertz CT molecular complexity index is 1190. The van der Waals surface area contributed by atoms with Gasteiger partial charge in [0.2, 0.25) is 23.5 Å². The number of benzene rings is 2. The minimum Gasteiger partial charge on any atom is -0.496 e. The number of nitrogens with zero attached hydrogens (tertiary/aromatic N) is 3. The van der Waals surface area contributed by atoms with Gasteiger partial charge in [-0.25, -0.2) is 0 Å². The van der Waals surface area contributed by atoms with Crippen LogP contribution >= 0.6 is 0 Å². The molecule has 4 rings (SSSR count). The van der Waals surface area contributed by atoms with E-state index in [4.69, 9.17) is 9.26 Å². The molecule has 8 nitrogen and oxygen atoms in total. The summed E-state index contributed by atoms with van der Waals surface area (Å²) in [7, 11) is 1.61. The Morgan fingerprint density at radius 3 is 2.91 bits per heavy atom. The van der Waals surface area contributed by atoms with Gasteiger partial charge in [0.05, 0.1) is 13.0 Å². The third kappa shape index (κ3) is 5.51. The van der Waals surface area contributed by atoms with Gasteiger partial charge < -0.3 is 19.5 Å². The largest absolute Gasteiger partial charge is 0.496 e. The Labute approximate surface area is 198 Å². The monoisotopic (exact) mass is 460 g/mol. The zero-order chi connectivity index (χ0) is 23.9. The molecular weight excluding hydrogens is 432 g/mol. The Morgan fingerprint density at radius 2 is 2.09 bits per heavy atom. The fourth-order valence-electron chi connectivity index (χ4n) is 3.95. The van der Waals surface area contributed by atoms with E-state index in [1.54, 1.807) is 26.2 Å². The van der Waals surface area contributed by atoms with Crippen LogP contribution in [0.3, 0.4) is 0 Å². The van der Waals surface area contributed by atoms with Gasteiger partial charge in [-0.15, -0.1) is 0 Å². The molecule has 1 aliphatic heterocycles. The van der Waals surface area contributed by atoms with Gasteiger partial charge in [0.1, 0.15) is 5.75 Å². The topological polar surface area (TPSA) is 97.6 Å². The van der Waals surface area contributed by atoms with Crippen LogP contribution in [0.2, 0.25) is 0 Å². The van der Waals surface area contributed by atoms with Crippen LogP contribution in [0, 0.1) is 0 Å². The first-order chi connectivity index (χ1) is 16.6. The van der Waals surface area contributed by atoms with Gasteiger partial charge in [-0.1, -0.05) is 42.4 Å². The summed E-state index contributed by atoms with van der Waals surface area (Å²) in [5.74, 6) is 1.56. The third-order valence-corrected chi connectivity index (χ3v) is 5.79. The summed E-state index contributed by atoms with van der Waals surface area (Å²) in [5.41, 5.74) is 2.30. The summed E-state index contributed by atoms with van der Waals surface area (Å²) in [6.07, 6.45) is 5.49. The Hall–Kier alpha value is -3.94. The maximum absolute atomic E-state index is 12.8. The second kappa shape index (κ2) is 10.8. The van der Waals surface area contributed by atoms with E-state index in [2.05, 4.69) is 15.5 Å². The first-order valence-corrected chi connectivity index (χ1v) is 11.4. The van der Waals surface area contributed by atoms with Crippen LogP contribution in [-0.2, 0) is 9.59 Å². The molecule has 1 aromatic heterocycles. The van der Waals surface area contributed by atoms with Crippen LogP contribution in [0.25, 0.3) is 17.5 Å². The van der Waals surface area contributed by atoms with Gasteiger partial charge in [0.25, 0.3) is 0 Å². The Morgan fingerprint density at radius 1 is 1.24 bits per heavy atom. The van der Waals surface area contributed by atoms with Crippen molar-refractivity contribution in [1.82, 2.24) is 15.0 Å². The minimum atomic E-state index is -0.0605. The quantitative estimate of drug-likeness (QED) is 0.521. The van der Waals surface area contributed by atoms with Gasteiger partial charge in [-0.05, 0) is 37.1 Å². The zero-order valence-corrected chi connectivity index (χ0v) is 19.4. The fourth-order valence-corrected chi connectivity index (χ4v) is 3.95. The second-order valence-corrected chi connectivity index (χ2v) is 8.14. The van der Waals surface area contributed by atoms with Crippen LogP contribution in [-0.4, -0.2) is 47.1 Å². The van der Waals surface area contributed by atoms with E-state index in [1.165, 1.54) is 0 Å². The predicted molar refractivity (Wildman–Crippen MR) is 129 cm³/mol. The molecule has 1 N–H and O–H groups in total. The molecule has 1 aliphatic rings. The van der Waals surface area contributed by atoms with E-state index >= 15 is 0 Å². The molecule has 3 aromatic rings. The summed E-state index contributed by atoms with van der Waals surface area (Å²) in [4.78, 5) is 30.9. The standard InChI is InChI=1S/C26H28N4O4/c1-3-23(31)27-21-11-6-9-19(16-21)25-28-26(34-29-25)20-10-7-15-30(17-20)24(32)14-13-18-8-4-5-12-22(18)33-2/h4-6,8-9,11-14,16,20H,3,7,10,15,17H2,1-2H3,(H,27,31)/b14-13+/t20-/m1/s1. The number of aromatic nitrogens is 2. The minimum absolute atomic E-state index is 0.0263. The van der Waals surface area contributed by atoms with Crippen molar-refractivity contribution in [2.75, 3.05) is 25.5 Å². The SMILES string of the molecule is CCC(=O)Nc1cccc(-c2noc([C@@H]3CCCN(C(=O)/C=C/c4ccccc4OC)C3)n2)c1. The molecule has 2 amide bonds. The molecule has 1 atom stereocenters. The molecule has 0 bridgehead atoms. The van der Waals surface area contributed by atoms with E-state index in [9.17, 15) is 9.59 Å². The van der Waals surface area contributed by atoms with E-state index in [-0.39, 0.29) is 17.7 Å². The van der Waals surface area contributed by atoms with E-state index in [1.807, 2.05) is 53.4 Å². The number of rotatable bonds is 7. The maximum atomic E-state index is 12.8. The van der Waals surface area contributed by atoms with Gasteiger partial charge in [0, 0.05) is 42.4 Å². The number of hydrogen-bond donors (Lipinski definition) is 1. The number of carbonyl (C=O) groups excluding carboxylic acids is 2. The molecule has 1 fully saturated rings. The molecule has 2 heterocycles. The normalized spacial score (nSPS) is 15.9. The lowest BCUT2D eigenvalue weighted by molar-refractivity contribution is -0.127. The summed E-state index contributed by atoms with van der Waals surface area (Å²) in [6.45, 7) is 3.01. The molecule has 0 spiro atoms. The van der Waals surface area contributed by atoms with Crippen molar-refractivity contribution in [2.45, 2.75) is 32.1 Å². The number of carbonyl (C=O) groups is 2. The number of likely N-dealkylation sites (tertiary alicyclic amines) is 1. The van der Waals surface area contributed by atoms with Gasteiger partial charge in [0.15, 0.2) is 0 Å². The molecule has 0 aliphatic carbocycles. The smallest absolute Gasteiger partial charge is 0.246 e. The molecular formula is C26H28N4O4. The van der Waals surface area contributed by atoms with Crippen LogP contribution in [0.4, 0.5) is 5.69 Å². The Kier molecular flexibility index (Phi) is 7.37. The van der Waals surface area contributed by atoms with E-state index in [0.29, 0.717) is 36.9 Å². The molecule has 34 heavy (non-hydrogen) atoms. The van der Waals surface area contributed by atoms with Crippen LogP contribution < -0.4 is 10.1 Å². The van der Waals surface area contributed by atoms with Gasteiger partial charge >= 0.3 is 0 Å². The number of amides is 2. The highest BCUT2D eigenvalue weighted by molar-refractivity contribution is 5.92. The molecule has 0 radical (unpaired) electrons. The average Bonchev–Trinajstić information content (AvgIpc) is 3.38. The van der Waals surface area contributed by atoms with Crippen molar-refractivity contribution in [3.05, 3.63) is 66.1 Å². The van der Waals surface area contributed by atoms with Crippen molar-refractivity contribution in [3.8, 4) is 17.1 Å². The third-order valence-electron chi connectivity index (χ3n) is 5.79. The number of hydrogen-bond acceptors (Lipinski definition) is 6. The molecule has 0 saturated carbocycles. The maximum Gasteiger partial charge on any atom is 0.246 e. The average molecular weight is 461 g/mol. The molecule has 176 valence electrons. The highest BCUT2D eigenvalue weighted by Gasteiger charge is 2.28. The summed E-state index contributed by atoms with van der Waals surface area (Å²) in [6, 6.07) is 14.9.